The van der Waals surface area contributed by atoms with Crippen LogP contribution in [0.3, 0.4) is 0 Å². The second-order valence-electron chi connectivity index (χ2n) is 8.74. The van der Waals surface area contributed by atoms with Crippen molar-refractivity contribution in [2.75, 3.05) is 29.8 Å². The first-order valence-corrected chi connectivity index (χ1v) is 13.1. The molecule has 0 aromatic heterocycles. The third-order valence-electron chi connectivity index (χ3n) is 6.64. The van der Waals surface area contributed by atoms with Gasteiger partial charge in [0.05, 0.1) is 29.3 Å². The van der Waals surface area contributed by atoms with E-state index >= 15 is 0 Å². The topological polar surface area (TPSA) is 96.0 Å². The fourth-order valence-corrected chi connectivity index (χ4v) is 6.37. The lowest BCUT2D eigenvalue weighted by molar-refractivity contribution is -0.129. The quantitative estimate of drug-likeness (QED) is 0.616. The number of rotatable bonds is 8. The highest BCUT2D eigenvalue weighted by Gasteiger charge is 2.39. The van der Waals surface area contributed by atoms with Gasteiger partial charge in [-0.05, 0) is 50.1 Å². The van der Waals surface area contributed by atoms with Crippen molar-refractivity contribution in [3.05, 3.63) is 48.5 Å². The maximum absolute atomic E-state index is 13.4. The standard InChI is InChI=1S/C25H31N3O5S/c1-3-28(20-11-5-4-6-12-20)34(31,32)21-13-14-23(33-2)22(16-21)26-25(30)18-15-24(29)27(17-18)19-9-7-8-10-19/h4-6,11-14,16,18-19H,3,7-10,15,17H2,1-2H3,(H,26,30)/t18-/m1/s1. The van der Waals surface area contributed by atoms with E-state index in [-0.39, 0.29) is 41.4 Å². The predicted octanol–water partition coefficient (Wildman–Crippen LogP) is 3.64. The maximum Gasteiger partial charge on any atom is 0.264 e. The Bertz CT molecular complexity index is 1150. The van der Waals surface area contributed by atoms with Gasteiger partial charge in [-0.1, -0.05) is 31.0 Å². The molecule has 1 atom stereocenters. The van der Waals surface area contributed by atoms with Gasteiger partial charge in [-0.15, -0.1) is 0 Å². The zero-order chi connectivity index (χ0) is 24.3. The first kappa shape index (κ1) is 24.1. The second kappa shape index (κ2) is 10.0. The molecule has 2 aromatic carbocycles. The molecule has 182 valence electrons. The average molecular weight is 486 g/mol. The molecule has 2 aliphatic rings. The number of methoxy groups -OCH3 is 1. The number of nitrogens with zero attached hydrogens (tertiary/aromatic N) is 2. The zero-order valence-corrected chi connectivity index (χ0v) is 20.4. The molecule has 2 aromatic rings. The number of anilines is 2. The number of benzene rings is 2. The highest BCUT2D eigenvalue weighted by atomic mass is 32.2. The van der Waals surface area contributed by atoms with E-state index < -0.39 is 15.9 Å². The van der Waals surface area contributed by atoms with Gasteiger partial charge in [-0.25, -0.2) is 8.42 Å². The van der Waals surface area contributed by atoms with Crippen LogP contribution in [0.4, 0.5) is 11.4 Å². The monoisotopic (exact) mass is 485 g/mol. The van der Waals surface area contributed by atoms with Crippen LogP contribution in [0, 0.1) is 5.92 Å². The van der Waals surface area contributed by atoms with Gasteiger partial charge in [0.15, 0.2) is 0 Å². The molecule has 2 amide bonds. The van der Waals surface area contributed by atoms with Crippen molar-refractivity contribution >= 4 is 33.2 Å². The normalized spacial score (nSPS) is 18.8. The van der Waals surface area contributed by atoms with Crippen molar-refractivity contribution in [3.63, 3.8) is 0 Å². The molecular formula is C25H31N3O5S. The van der Waals surface area contributed by atoms with Crippen molar-refractivity contribution in [2.24, 2.45) is 5.92 Å². The summed E-state index contributed by atoms with van der Waals surface area (Å²) in [6, 6.07) is 13.5. The number of sulfonamides is 1. The van der Waals surface area contributed by atoms with Gasteiger partial charge in [-0.3, -0.25) is 13.9 Å². The number of ether oxygens (including phenoxy) is 1. The molecule has 2 fully saturated rings. The number of para-hydroxylation sites is 1. The molecule has 1 N–H and O–H groups in total. The second-order valence-corrected chi connectivity index (χ2v) is 10.6. The number of nitrogens with one attached hydrogen (secondary N) is 1. The van der Waals surface area contributed by atoms with Crippen LogP contribution in [0.1, 0.15) is 39.0 Å². The lowest BCUT2D eigenvalue weighted by atomic mass is 10.1. The summed E-state index contributed by atoms with van der Waals surface area (Å²) in [7, 11) is -2.41. The summed E-state index contributed by atoms with van der Waals surface area (Å²) in [5, 5.41) is 2.82. The summed E-state index contributed by atoms with van der Waals surface area (Å²) in [4.78, 5) is 27.5. The van der Waals surface area contributed by atoms with E-state index in [1.807, 2.05) is 11.0 Å². The number of carbonyl (C=O) groups excluding carboxylic acids is 2. The largest absolute Gasteiger partial charge is 0.495 e. The van der Waals surface area contributed by atoms with Crippen molar-refractivity contribution in [1.29, 1.82) is 0 Å². The van der Waals surface area contributed by atoms with Crippen LogP contribution in [0.2, 0.25) is 0 Å². The van der Waals surface area contributed by atoms with E-state index in [1.54, 1.807) is 31.2 Å². The van der Waals surface area contributed by atoms with E-state index in [0.29, 0.717) is 18.0 Å². The highest BCUT2D eigenvalue weighted by Crippen LogP contribution is 2.33. The Morgan fingerprint density at radius 3 is 2.50 bits per heavy atom. The number of amides is 2. The summed E-state index contributed by atoms with van der Waals surface area (Å²) in [6.45, 7) is 2.42. The smallest absolute Gasteiger partial charge is 0.264 e. The summed E-state index contributed by atoms with van der Waals surface area (Å²) in [6.07, 6.45) is 4.37. The van der Waals surface area contributed by atoms with Gasteiger partial charge in [-0.2, -0.15) is 0 Å². The molecule has 0 radical (unpaired) electrons. The Hall–Kier alpha value is -3.07. The molecule has 34 heavy (non-hydrogen) atoms. The Labute approximate surface area is 200 Å². The molecular weight excluding hydrogens is 454 g/mol. The van der Waals surface area contributed by atoms with E-state index in [2.05, 4.69) is 5.32 Å². The predicted molar refractivity (Wildman–Crippen MR) is 130 cm³/mol. The van der Waals surface area contributed by atoms with Crippen molar-refractivity contribution in [2.45, 2.75) is 50.0 Å². The number of hydrogen-bond acceptors (Lipinski definition) is 5. The average Bonchev–Trinajstić information content (AvgIpc) is 3.49. The van der Waals surface area contributed by atoms with Crippen molar-refractivity contribution < 1.29 is 22.7 Å². The molecule has 1 saturated carbocycles. The van der Waals surface area contributed by atoms with Crippen LogP contribution < -0.4 is 14.4 Å². The number of hydrogen-bond donors (Lipinski definition) is 1. The summed E-state index contributed by atoms with van der Waals surface area (Å²) >= 11 is 0. The first-order valence-electron chi connectivity index (χ1n) is 11.7. The number of carbonyl (C=O) groups is 2. The summed E-state index contributed by atoms with van der Waals surface area (Å²) in [5.74, 6) is -0.421. The molecule has 0 unspecified atom stereocenters. The third kappa shape index (κ3) is 4.75. The minimum absolute atomic E-state index is 0.0109. The van der Waals surface area contributed by atoms with Crippen LogP contribution in [0.5, 0.6) is 5.75 Å². The van der Waals surface area contributed by atoms with Crippen molar-refractivity contribution in [1.82, 2.24) is 4.90 Å². The number of likely N-dealkylation sites (tertiary alicyclic amines) is 1. The molecule has 1 aliphatic heterocycles. The molecule has 8 nitrogen and oxygen atoms in total. The molecule has 1 aliphatic carbocycles. The minimum Gasteiger partial charge on any atom is -0.495 e. The summed E-state index contributed by atoms with van der Waals surface area (Å²) in [5.41, 5.74) is 0.826. The van der Waals surface area contributed by atoms with Gasteiger partial charge in [0.1, 0.15) is 5.75 Å². The fourth-order valence-electron chi connectivity index (χ4n) is 4.87. The molecule has 9 heteroatoms. The van der Waals surface area contributed by atoms with E-state index in [1.165, 1.54) is 29.6 Å². The van der Waals surface area contributed by atoms with Gasteiger partial charge in [0, 0.05) is 25.6 Å². The SMILES string of the molecule is CCN(c1ccccc1)S(=O)(=O)c1ccc(OC)c(NC(=O)[C@@H]2CC(=O)N(C3CCCC3)C2)c1. The van der Waals surface area contributed by atoms with Gasteiger partial charge in [0.2, 0.25) is 11.8 Å². The van der Waals surface area contributed by atoms with Gasteiger partial charge >= 0.3 is 0 Å². The lowest BCUT2D eigenvalue weighted by Gasteiger charge is -2.24. The van der Waals surface area contributed by atoms with Crippen LogP contribution >= 0.6 is 0 Å². The zero-order valence-electron chi connectivity index (χ0n) is 19.6. The van der Waals surface area contributed by atoms with E-state index in [9.17, 15) is 18.0 Å². The Morgan fingerprint density at radius 2 is 1.85 bits per heavy atom. The maximum atomic E-state index is 13.4. The minimum atomic E-state index is -3.87. The molecule has 0 bridgehead atoms. The van der Waals surface area contributed by atoms with E-state index in [4.69, 9.17) is 4.74 Å². The Balaban J connectivity index is 1.56. The molecule has 4 rings (SSSR count). The molecule has 0 spiro atoms. The first-order chi connectivity index (χ1) is 16.3. The van der Waals surface area contributed by atoms with Crippen molar-refractivity contribution in [3.8, 4) is 5.75 Å². The fraction of sp³-hybridized carbons (Fsp3) is 0.440. The van der Waals surface area contributed by atoms with E-state index in [0.717, 1.165) is 25.7 Å². The van der Waals surface area contributed by atoms with Gasteiger partial charge in [0.25, 0.3) is 10.0 Å². The van der Waals surface area contributed by atoms with Crippen LogP contribution in [0.25, 0.3) is 0 Å². The third-order valence-corrected chi connectivity index (χ3v) is 8.54. The van der Waals surface area contributed by atoms with Crippen LogP contribution in [-0.2, 0) is 19.6 Å². The molecule has 1 heterocycles. The highest BCUT2D eigenvalue weighted by molar-refractivity contribution is 7.92. The lowest BCUT2D eigenvalue weighted by Crippen LogP contribution is -2.35. The van der Waals surface area contributed by atoms with Gasteiger partial charge < -0.3 is 15.0 Å². The Kier molecular flexibility index (Phi) is 7.11. The van der Waals surface area contributed by atoms with Crippen LogP contribution in [0.15, 0.2) is 53.4 Å². The summed E-state index contributed by atoms with van der Waals surface area (Å²) < 4.78 is 33.5. The molecule has 1 saturated heterocycles. The Morgan fingerprint density at radius 1 is 1.15 bits per heavy atom. The van der Waals surface area contributed by atoms with Crippen LogP contribution in [-0.4, -0.2) is 51.4 Å².